The number of nitrogens with one attached hydrogen (secondary N) is 1. The molecule has 1 saturated heterocycles. The molecule has 0 spiro atoms. The van der Waals surface area contributed by atoms with Gasteiger partial charge < -0.3 is 9.42 Å². The number of hydrogen-bond acceptors (Lipinski definition) is 6. The van der Waals surface area contributed by atoms with E-state index in [1.807, 2.05) is 53.4 Å². The molecule has 1 fully saturated rings. The third-order valence-electron chi connectivity index (χ3n) is 5.98. The Hall–Kier alpha value is -3.52. The molecule has 32 heavy (non-hydrogen) atoms. The molecular weight excluding hydrogens is 404 g/mol. The number of rotatable bonds is 6. The van der Waals surface area contributed by atoms with Crippen molar-refractivity contribution in [3.8, 4) is 11.4 Å². The predicted molar refractivity (Wildman–Crippen MR) is 121 cm³/mol. The zero-order valence-electron chi connectivity index (χ0n) is 18.1. The summed E-state index contributed by atoms with van der Waals surface area (Å²) < 4.78 is 5.42. The van der Waals surface area contributed by atoms with Gasteiger partial charge in [0.05, 0.1) is 5.52 Å². The highest BCUT2D eigenvalue weighted by atomic mass is 16.5. The van der Waals surface area contributed by atoms with Crippen molar-refractivity contribution in [2.45, 2.75) is 19.8 Å². The van der Waals surface area contributed by atoms with E-state index in [0.29, 0.717) is 30.5 Å². The first kappa shape index (κ1) is 20.4. The van der Waals surface area contributed by atoms with Gasteiger partial charge in [-0.15, -0.1) is 0 Å². The first-order chi connectivity index (χ1) is 15.7. The number of carbonyl (C=O) groups is 1. The number of aromatic nitrogens is 4. The van der Waals surface area contributed by atoms with Crippen LogP contribution in [0, 0.1) is 6.92 Å². The van der Waals surface area contributed by atoms with Crippen molar-refractivity contribution in [3.63, 3.8) is 0 Å². The largest absolute Gasteiger partial charge is 0.339 e. The van der Waals surface area contributed by atoms with Crippen molar-refractivity contribution in [2.24, 2.45) is 0 Å². The Morgan fingerprint density at radius 2 is 1.84 bits per heavy atom. The van der Waals surface area contributed by atoms with Crippen molar-refractivity contribution < 1.29 is 9.32 Å². The van der Waals surface area contributed by atoms with Crippen LogP contribution < -0.4 is 0 Å². The van der Waals surface area contributed by atoms with Gasteiger partial charge in [0.25, 0.3) is 5.91 Å². The van der Waals surface area contributed by atoms with Crippen molar-refractivity contribution >= 4 is 16.8 Å². The zero-order chi connectivity index (χ0) is 21.9. The molecule has 0 aliphatic carbocycles. The Morgan fingerprint density at radius 1 is 1.06 bits per heavy atom. The number of piperazine rings is 1. The normalized spacial score (nSPS) is 14.8. The summed E-state index contributed by atoms with van der Waals surface area (Å²) >= 11 is 0. The van der Waals surface area contributed by atoms with Gasteiger partial charge in [0.15, 0.2) is 5.69 Å². The van der Waals surface area contributed by atoms with Crippen molar-refractivity contribution in [2.75, 3.05) is 32.7 Å². The summed E-state index contributed by atoms with van der Waals surface area (Å²) in [5, 5.41) is 12.2. The third kappa shape index (κ3) is 4.27. The van der Waals surface area contributed by atoms with E-state index in [1.165, 1.54) is 5.56 Å². The number of benzene rings is 2. The van der Waals surface area contributed by atoms with E-state index < -0.39 is 0 Å². The van der Waals surface area contributed by atoms with Crippen LogP contribution in [0.25, 0.3) is 22.3 Å². The lowest BCUT2D eigenvalue weighted by molar-refractivity contribution is 0.0631. The van der Waals surface area contributed by atoms with Gasteiger partial charge in [-0.1, -0.05) is 53.2 Å². The molecule has 1 aliphatic heterocycles. The highest BCUT2D eigenvalue weighted by Gasteiger charge is 2.25. The first-order valence-electron chi connectivity index (χ1n) is 11.0. The molecule has 0 unspecified atom stereocenters. The molecular formula is C24H26N6O2. The molecule has 3 heterocycles. The monoisotopic (exact) mass is 430 g/mol. The second kappa shape index (κ2) is 8.92. The first-order valence-corrected chi connectivity index (χ1v) is 11.0. The van der Waals surface area contributed by atoms with Gasteiger partial charge in [0, 0.05) is 43.5 Å². The molecule has 2 aromatic heterocycles. The van der Waals surface area contributed by atoms with Crippen LogP contribution in [0.1, 0.15) is 28.4 Å². The number of H-pyrrole nitrogens is 1. The fourth-order valence-electron chi connectivity index (χ4n) is 4.08. The predicted octanol–water partition coefficient (Wildman–Crippen LogP) is 3.31. The molecule has 5 rings (SSSR count). The summed E-state index contributed by atoms with van der Waals surface area (Å²) in [4.78, 5) is 21.7. The Balaban J connectivity index is 1.10. The van der Waals surface area contributed by atoms with Crippen LogP contribution in [-0.2, 0) is 6.42 Å². The number of aryl methyl sites for hydroxylation is 2. The summed E-state index contributed by atoms with van der Waals surface area (Å²) in [5.41, 5.74) is 3.57. The molecule has 0 radical (unpaired) electrons. The molecule has 8 heteroatoms. The standard InChI is InChI=1S/C24H26N6O2/c1-17-8-10-18(11-9-17)23-25-21(32-28-23)7-4-12-29-13-15-30(16-14-29)24(31)22-19-5-2-3-6-20(19)26-27-22/h2-3,5-6,8-11H,4,7,12-16H2,1H3,(H,26,27). The number of fused-ring (bicyclic) bond motifs is 1. The Morgan fingerprint density at radius 3 is 2.66 bits per heavy atom. The van der Waals surface area contributed by atoms with Gasteiger partial charge in [0.2, 0.25) is 11.7 Å². The SMILES string of the molecule is Cc1ccc(-c2noc(CCCN3CCN(C(=O)c4n[nH]c5ccccc45)CC3)n2)cc1. The number of amides is 1. The quantitative estimate of drug-likeness (QED) is 0.505. The lowest BCUT2D eigenvalue weighted by atomic mass is 10.1. The van der Waals surface area contributed by atoms with E-state index in [9.17, 15) is 4.79 Å². The zero-order valence-corrected chi connectivity index (χ0v) is 18.1. The molecule has 1 aliphatic rings. The number of hydrogen-bond donors (Lipinski definition) is 1. The number of carbonyl (C=O) groups excluding carboxylic acids is 1. The Labute approximate surface area is 186 Å². The Kier molecular flexibility index (Phi) is 5.68. The molecule has 0 bridgehead atoms. The van der Waals surface area contributed by atoms with E-state index >= 15 is 0 Å². The summed E-state index contributed by atoms with van der Waals surface area (Å²) in [6, 6.07) is 15.8. The minimum atomic E-state index is -0.00315. The molecule has 4 aromatic rings. The molecule has 8 nitrogen and oxygen atoms in total. The summed E-state index contributed by atoms with van der Waals surface area (Å²) in [6.45, 7) is 6.12. The molecule has 164 valence electrons. The number of nitrogens with zero attached hydrogens (tertiary/aromatic N) is 5. The van der Waals surface area contributed by atoms with Crippen molar-refractivity contribution in [3.05, 3.63) is 65.7 Å². The topological polar surface area (TPSA) is 91.2 Å². The summed E-state index contributed by atoms with van der Waals surface area (Å²) in [5.74, 6) is 1.30. The van der Waals surface area contributed by atoms with E-state index in [0.717, 1.165) is 48.9 Å². The molecule has 0 atom stereocenters. The molecule has 0 saturated carbocycles. The van der Waals surface area contributed by atoms with Crippen LogP contribution in [-0.4, -0.2) is 68.8 Å². The van der Waals surface area contributed by atoms with Crippen LogP contribution in [0.4, 0.5) is 0 Å². The average molecular weight is 431 g/mol. The van der Waals surface area contributed by atoms with E-state index in [1.54, 1.807) is 0 Å². The number of aromatic amines is 1. The van der Waals surface area contributed by atoms with E-state index in [-0.39, 0.29) is 5.91 Å². The van der Waals surface area contributed by atoms with Gasteiger partial charge in [-0.3, -0.25) is 14.8 Å². The van der Waals surface area contributed by atoms with Crippen LogP contribution in [0.5, 0.6) is 0 Å². The van der Waals surface area contributed by atoms with Crippen LogP contribution in [0.3, 0.4) is 0 Å². The number of para-hydroxylation sites is 1. The second-order valence-electron chi connectivity index (χ2n) is 8.23. The lowest BCUT2D eigenvalue weighted by Crippen LogP contribution is -2.49. The van der Waals surface area contributed by atoms with Gasteiger partial charge in [-0.25, -0.2) is 0 Å². The van der Waals surface area contributed by atoms with Crippen molar-refractivity contribution in [1.82, 2.24) is 30.1 Å². The smallest absolute Gasteiger partial charge is 0.275 e. The lowest BCUT2D eigenvalue weighted by Gasteiger charge is -2.34. The van der Waals surface area contributed by atoms with E-state index in [4.69, 9.17) is 4.52 Å². The highest BCUT2D eigenvalue weighted by Crippen LogP contribution is 2.19. The van der Waals surface area contributed by atoms with Gasteiger partial charge >= 0.3 is 0 Å². The van der Waals surface area contributed by atoms with Crippen LogP contribution in [0.2, 0.25) is 0 Å². The maximum absolute atomic E-state index is 12.9. The van der Waals surface area contributed by atoms with Gasteiger partial charge in [-0.2, -0.15) is 10.1 Å². The average Bonchev–Trinajstić information content (AvgIpc) is 3.47. The van der Waals surface area contributed by atoms with Gasteiger partial charge in [-0.05, 0) is 26.0 Å². The van der Waals surface area contributed by atoms with Crippen molar-refractivity contribution in [1.29, 1.82) is 0 Å². The summed E-state index contributed by atoms with van der Waals surface area (Å²) in [7, 11) is 0. The van der Waals surface area contributed by atoms with Crippen LogP contribution >= 0.6 is 0 Å². The minimum Gasteiger partial charge on any atom is -0.339 e. The maximum Gasteiger partial charge on any atom is 0.275 e. The second-order valence-corrected chi connectivity index (χ2v) is 8.23. The maximum atomic E-state index is 12.9. The van der Waals surface area contributed by atoms with E-state index in [2.05, 4.69) is 32.2 Å². The van der Waals surface area contributed by atoms with Gasteiger partial charge in [0.1, 0.15) is 0 Å². The minimum absolute atomic E-state index is 0.00315. The fraction of sp³-hybridized carbons (Fsp3) is 0.333. The molecule has 2 aromatic carbocycles. The highest BCUT2D eigenvalue weighted by molar-refractivity contribution is 6.04. The Bertz CT molecular complexity index is 1200. The molecule has 1 N–H and O–H groups in total. The van der Waals surface area contributed by atoms with Crippen LogP contribution in [0.15, 0.2) is 53.1 Å². The third-order valence-corrected chi connectivity index (χ3v) is 5.98. The summed E-state index contributed by atoms with van der Waals surface area (Å²) in [6.07, 6.45) is 1.69. The molecule has 1 amide bonds. The fourth-order valence-corrected chi connectivity index (χ4v) is 4.08.